The van der Waals surface area contributed by atoms with Crippen LogP contribution >= 0.6 is 22.7 Å². The van der Waals surface area contributed by atoms with Crippen LogP contribution in [-0.4, -0.2) is 95.0 Å². The molecule has 0 amide bonds. The van der Waals surface area contributed by atoms with E-state index in [2.05, 4.69) is 47.1 Å². The third-order valence-corrected chi connectivity index (χ3v) is 10.4. The maximum Gasteiger partial charge on any atom is 0.355 e. The number of likely N-dealkylation sites (N-methyl/N-ethyl adjacent to an activating group) is 2. The molecule has 1 aliphatic rings. The van der Waals surface area contributed by atoms with Crippen molar-refractivity contribution in [1.82, 2.24) is 30.0 Å². The molecule has 5 aromatic rings. The average Bonchev–Trinajstić information content (AvgIpc) is 3.72. The Balaban J connectivity index is 1.08. The number of carbonyl (C=O) groups is 1. The summed E-state index contributed by atoms with van der Waals surface area (Å²) >= 11 is 2.89. The largest absolute Gasteiger partial charge is 0.491 e. The first-order valence-electron chi connectivity index (χ1n) is 16.4. The molecule has 1 aliphatic heterocycles. The number of halogens is 1. The Hall–Kier alpha value is -4.68. The van der Waals surface area contributed by atoms with Crippen LogP contribution in [0.1, 0.15) is 44.9 Å². The lowest BCUT2D eigenvalue weighted by Crippen LogP contribution is -2.28. The predicted molar refractivity (Wildman–Crippen MR) is 197 cm³/mol. The van der Waals surface area contributed by atoms with Gasteiger partial charge in [0, 0.05) is 41.2 Å². The van der Waals surface area contributed by atoms with Crippen molar-refractivity contribution >= 4 is 60.8 Å². The standard InChI is InChI=1S/C36H39FN8O3S2/c1-23-25-11-8-18-45(33(25)42-41-32(23)40-35-38-27-12-5-6-13-29(27)49-35)36-39-31(34(46)47)30(50-36)14-9-21-48-28-16-15-24(22-26(28)37)10-7-17-44(4)20-19-43(2)3/h5-6,12-13,15-16,22H,8-9,11,14,17-21H2,1-4H3,(H,46,47)(H,38,40,41). The summed E-state index contributed by atoms with van der Waals surface area (Å²) in [4.78, 5) is 28.2. The van der Waals surface area contributed by atoms with Crippen LogP contribution in [0, 0.1) is 24.6 Å². The number of aromatic nitrogens is 4. The second-order valence-corrected chi connectivity index (χ2v) is 14.4. The highest BCUT2D eigenvalue weighted by Crippen LogP contribution is 2.39. The van der Waals surface area contributed by atoms with Crippen molar-refractivity contribution in [2.24, 2.45) is 0 Å². The number of ether oxygens (including phenoxy) is 1. The number of rotatable bonds is 13. The van der Waals surface area contributed by atoms with Crippen molar-refractivity contribution in [3.63, 3.8) is 0 Å². The van der Waals surface area contributed by atoms with Gasteiger partial charge in [0.05, 0.1) is 23.4 Å². The number of carboxylic acids is 1. The first kappa shape index (κ1) is 35.2. The maximum absolute atomic E-state index is 14.8. The van der Waals surface area contributed by atoms with E-state index in [0.29, 0.717) is 53.1 Å². The molecule has 0 unspecified atom stereocenters. The molecular formula is C36H39FN8O3S2. The fourth-order valence-electron chi connectivity index (χ4n) is 5.54. The van der Waals surface area contributed by atoms with Crippen molar-refractivity contribution < 1.29 is 19.0 Å². The zero-order valence-corrected chi connectivity index (χ0v) is 30.1. The summed E-state index contributed by atoms with van der Waals surface area (Å²) in [5.74, 6) is 5.99. The minimum absolute atomic E-state index is 0.0115. The zero-order chi connectivity index (χ0) is 35.2. The molecular weight excluding hydrogens is 676 g/mol. The number of aryl methyl sites for hydroxylation is 1. The Morgan fingerprint density at radius 1 is 1.12 bits per heavy atom. The molecule has 0 spiro atoms. The van der Waals surface area contributed by atoms with Gasteiger partial charge >= 0.3 is 5.97 Å². The van der Waals surface area contributed by atoms with Crippen molar-refractivity contribution in [2.45, 2.75) is 32.6 Å². The lowest BCUT2D eigenvalue weighted by molar-refractivity contribution is 0.0690. The highest BCUT2D eigenvalue weighted by Gasteiger charge is 2.28. The Kier molecular flexibility index (Phi) is 11.2. The lowest BCUT2D eigenvalue weighted by Gasteiger charge is -2.28. The summed E-state index contributed by atoms with van der Waals surface area (Å²) in [5, 5.41) is 23.7. The molecule has 0 radical (unpaired) electrons. The summed E-state index contributed by atoms with van der Waals surface area (Å²) in [7, 11) is 6.06. The van der Waals surface area contributed by atoms with Crippen LogP contribution in [0.3, 0.4) is 0 Å². The van der Waals surface area contributed by atoms with Crippen LogP contribution in [0.25, 0.3) is 10.2 Å². The minimum Gasteiger partial charge on any atom is -0.491 e. The number of benzene rings is 2. The van der Waals surface area contributed by atoms with E-state index >= 15 is 0 Å². The molecule has 0 saturated carbocycles. The van der Waals surface area contributed by atoms with E-state index in [-0.39, 0.29) is 18.1 Å². The molecule has 0 bridgehead atoms. The average molecular weight is 715 g/mol. The minimum atomic E-state index is -1.09. The number of para-hydroxylation sites is 1. The van der Waals surface area contributed by atoms with Crippen molar-refractivity contribution in [3.8, 4) is 17.6 Å². The third kappa shape index (κ3) is 8.36. The molecule has 0 aliphatic carbocycles. The first-order valence-corrected chi connectivity index (χ1v) is 18.0. The molecule has 0 fully saturated rings. The number of hydrogen-bond acceptors (Lipinski definition) is 12. The van der Waals surface area contributed by atoms with Crippen LogP contribution in [0.2, 0.25) is 0 Å². The zero-order valence-electron chi connectivity index (χ0n) is 28.5. The number of thiazole rings is 2. The van der Waals surface area contributed by atoms with E-state index in [1.165, 1.54) is 17.4 Å². The van der Waals surface area contributed by atoms with Gasteiger partial charge in [0.2, 0.25) is 0 Å². The monoisotopic (exact) mass is 714 g/mol. The fraction of sp³-hybridized carbons (Fsp3) is 0.361. The Morgan fingerprint density at radius 2 is 1.96 bits per heavy atom. The smallest absolute Gasteiger partial charge is 0.355 e. The van der Waals surface area contributed by atoms with E-state index < -0.39 is 11.8 Å². The number of nitrogens with zero attached hydrogens (tertiary/aromatic N) is 7. The number of aromatic carboxylic acids is 1. The van der Waals surface area contributed by atoms with E-state index in [1.54, 1.807) is 23.5 Å². The Morgan fingerprint density at radius 3 is 2.74 bits per heavy atom. The summed E-state index contributed by atoms with van der Waals surface area (Å²) < 4.78 is 21.6. The maximum atomic E-state index is 14.8. The molecule has 4 heterocycles. The number of hydrogen-bond donors (Lipinski definition) is 2. The number of anilines is 4. The molecule has 2 aromatic carbocycles. The third-order valence-electron chi connectivity index (χ3n) is 8.27. The van der Waals surface area contributed by atoms with Crippen LogP contribution in [0.15, 0.2) is 42.5 Å². The molecule has 6 rings (SSSR count). The topological polar surface area (TPSA) is 120 Å². The van der Waals surface area contributed by atoms with Crippen LogP contribution < -0.4 is 15.0 Å². The van der Waals surface area contributed by atoms with Gasteiger partial charge in [-0.15, -0.1) is 21.5 Å². The molecule has 14 heteroatoms. The summed E-state index contributed by atoms with van der Waals surface area (Å²) in [6, 6.07) is 12.7. The van der Waals surface area contributed by atoms with Gasteiger partial charge < -0.3 is 25.0 Å². The molecule has 3 aromatic heterocycles. The van der Waals surface area contributed by atoms with Gasteiger partial charge in [-0.1, -0.05) is 35.3 Å². The van der Waals surface area contributed by atoms with Crippen molar-refractivity contribution in [1.29, 1.82) is 0 Å². The highest BCUT2D eigenvalue weighted by atomic mass is 32.1. The number of nitrogens with one attached hydrogen (secondary N) is 1. The Bertz CT molecular complexity index is 2020. The highest BCUT2D eigenvalue weighted by molar-refractivity contribution is 7.22. The quantitative estimate of drug-likeness (QED) is 0.105. The van der Waals surface area contributed by atoms with Crippen molar-refractivity contribution in [3.05, 3.63) is 75.5 Å². The molecule has 50 heavy (non-hydrogen) atoms. The van der Waals surface area contributed by atoms with Gasteiger partial charge in [0.1, 0.15) is 0 Å². The van der Waals surface area contributed by atoms with E-state index in [0.717, 1.165) is 52.4 Å². The first-order chi connectivity index (χ1) is 24.2. The molecule has 0 saturated heterocycles. The predicted octanol–water partition coefficient (Wildman–Crippen LogP) is 6.37. The van der Waals surface area contributed by atoms with Crippen LogP contribution in [0.5, 0.6) is 5.75 Å². The lowest BCUT2D eigenvalue weighted by atomic mass is 10.0. The number of fused-ring (bicyclic) bond motifs is 2. The molecule has 260 valence electrons. The van der Waals surface area contributed by atoms with Gasteiger partial charge in [0.15, 0.2) is 39.2 Å². The van der Waals surface area contributed by atoms with Crippen LogP contribution in [-0.2, 0) is 12.8 Å². The second kappa shape index (κ2) is 15.9. The van der Waals surface area contributed by atoms with Gasteiger partial charge in [-0.2, -0.15) is 0 Å². The van der Waals surface area contributed by atoms with Gasteiger partial charge in [0.25, 0.3) is 0 Å². The second-order valence-electron chi connectivity index (χ2n) is 12.4. The van der Waals surface area contributed by atoms with Crippen LogP contribution in [0.4, 0.5) is 26.3 Å². The summed E-state index contributed by atoms with van der Waals surface area (Å²) in [5.41, 5.74) is 3.54. The molecule has 0 atom stereocenters. The summed E-state index contributed by atoms with van der Waals surface area (Å²) in [6.07, 6.45) is 2.58. The van der Waals surface area contributed by atoms with Gasteiger partial charge in [-0.25, -0.2) is 19.2 Å². The SMILES string of the molecule is Cc1c(Nc2nc3ccccc3s2)nnc2c1CCCN2c1nc(C(=O)O)c(CCCOc2ccc(C#CCN(C)CCN(C)C)cc2F)s1. The molecule has 11 nitrogen and oxygen atoms in total. The van der Waals surface area contributed by atoms with Crippen molar-refractivity contribution in [2.75, 3.05) is 64.1 Å². The molecule has 2 N–H and O–H groups in total. The number of carboxylic acid groups (broad SMARTS) is 1. The van der Waals surface area contributed by atoms with Gasteiger partial charge in [-0.05, 0) is 84.1 Å². The van der Waals surface area contributed by atoms with E-state index in [1.807, 2.05) is 57.2 Å². The summed E-state index contributed by atoms with van der Waals surface area (Å²) in [6.45, 7) is 5.30. The van der Waals surface area contributed by atoms with E-state index in [9.17, 15) is 14.3 Å². The van der Waals surface area contributed by atoms with Gasteiger partial charge in [-0.3, -0.25) is 4.90 Å². The fourth-order valence-corrected chi connectivity index (χ4v) is 7.53. The Labute approximate surface area is 298 Å². The normalized spacial score (nSPS) is 12.7. The van der Waals surface area contributed by atoms with E-state index in [4.69, 9.17) is 4.74 Å².